The van der Waals surface area contributed by atoms with Crippen molar-refractivity contribution in [3.05, 3.63) is 34.6 Å². The minimum Gasteiger partial charge on any atom is -0.465 e. The lowest BCUT2D eigenvalue weighted by atomic mass is 9.81. The van der Waals surface area contributed by atoms with Gasteiger partial charge < -0.3 is 4.74 Å². The average molecular weight is 314 g/mol. The molecule has 116 valence electrons. The summed E-state index contributed by atoms with van der Waals surface area (Å²) >= 11 is 6.04. The molecule has 0 spiro atoms. The summed E-state index contributed by atoms with van der Waals surface area (Å²) in [7, 11) is 0. The van der Waals surface area contributed by atoms with Gasteiger partial charge in [0.1, 0.15) is 11.4 Å². The number of hydrogen-bond acceptors (Lipinski definition) is 3. The van der Waals surface area contributed by atoms with Gasteiger partial charge in [-0.15, -0.1) is 0 Å². The third-order valence-corrected chi connectivity index (χ3v) is 4.39. The van der Waals surface area contributed by atoms with Crippen molar-refractivity contribution >= 4 is 17.6 Å². The molecule has 21 heavy (non-hydrogen) atoms. The second kappa shape index (κ2) is 7.23. The van der Waals surface area contributed by atoms with Crippen molar-refractivity contribution in [1.29, 1.82) is 0 Å². The van der Waals surface area contributed by atoms with E-state index in [0.717, 1.165) is 32.1 Å². The van der Waals surface area contributed by atoms with Gasteiger partial charge in [0.05, 0.1) is 6.61 Å². The fraction of sp³-hybridized carbons (Fsp3) is 0.562. The number of benzene rings is 1. The molecule has 0 atom stereocenters. The zero-order valence-corrected chi connectivity index (χ0v) is 13.0. The van der Waals surface area contributed by atoms with E-state index in [0.29, 0.717) is 17.2 Å². The average Bonchev–Trinajstić information content (AvgIpc) is 2.48. The van der Waals surface area contributed by atoms with Crippen LogP contribution in [0.5, 0.6) is 0 Å². The van der Waals surface area contributed by atoms with Crippen LogP contribution in [-0.4, -0.2) is 18.1 Å². The van der Waals surface area contributed by atoms with Crippen LogP contribution in [-0.2, 0) is 16.1 Å². The number of ether oxygens (including phenoxy) is 1. The van der Waals surface area contributed by atoms with Gasteiger partial charge in [-0.05, 0) is 31.9 Å². The van der Waals surface area contributed by atoms with Gasteiger partial charge >= 0.3 is 5.97 Å². The lowest BCUT2D eigenvalue weighted by Gasteiger charge is -2.36. The summed E-state index contributed by atoms with van der Waals surface area (Å²) in [6.07, 6.45) is 4.49. The van der Waals surface area contributed by atoms with E-state index in [2.05, 4.69) is 5.32 Å². The molecule has 1 aromatic carbocycles. The molecule has 1 aliphatic rings. The molecule has 0 amide bonds. The molecule has 1 fully saturated rings. The molecule has 0 aromatic heterocycles. The van der Waals surface area contributed by atoms with Crippen LogP contribution in [0.25, 0.3) is 0 Å². The normalized spacial score (nSPS) is 17.5. The van der Waals surface area contributed by atoms with Crippen LogP contribution in [0.4, 0.5) is 4.39 Å². The van der Waals surface area contributed by atoms with Crippen LogP contribution in [0.2, 0.25) is 5.02 Å². The number of carbonyl (C=O) groups is 1. The molecule has 2 rings (SSSR count). The molecule has 0 aliphatic heterocycles. The molecule has 5 heteroatoms. The van der Waals surface area contributed by atoms with Crippen LogP contribution >= 0.6 is 11.6 Å². The van der Waals surface area contributed by atoms with E-state index < -0.39 is 5.54 Å². The monoisotopic (exact) mass is 313 g/mol. The Hall–Kier alpha value is -1.13. The number of rotatable bonds is 5. The van der Waals surface area contributed by atoms with E-state index in [-0.39, 0.29) is 18.3 Å². The lowest BCUT2D eigenvalue weighted by Crippen LogP contribution is -2.53. The molecule has 3 nitrogen and oxygen atoms in total. The molecule has 1 aromatic rings. The maximum absolute atomic E-state index is 13.8. The highest BCUT2D eigenvalue weighted by atomic mass is 35.5. The standard InChI is InChI=1S/C16H21ClFNO2/c1-2-21-15(20)16(9-4-3-5-10-16)19-11-12-13(17)7-6-8-14(12)18/h6-8,19H,2-5,9-11H2,1H3. The number of carbonyl (C=O) groups excluding carboxylic acids is 1. The lowest BCUT2D eigenvalue weighted by molar-refractivity contribution is -0.153. The maximum Gasteiger partial charge on any atom is 0.326 e. The minimum atomic E-state index is -0.708. The van der Waals surface area contributed by atoms with Crippen molar-refractivity contribution < 1.29 is 13.9 Å². The number of halogens is 2. The molecule has 0 unspecified atom stereocenters. The van der Waals surface area contributed by atoms with Crippen molar-refractivity contribution in [2.75, 3.05) is 6.61 Å². The molecule has 0 saturated heterocycles. The Kier molecular flexibility index (Phi) is 5.59. The Bertz CT molecular complexity index is 481. The third kappa shape index (κ3) is 3.74. The first kappa shape index (κ1) is 16.2. The van der Waals surface area contributed by atoms with Gasteiger partial charge in [-0.25, -0.2) is 4.39 Å². The number of esters is 1. The zero-order chi connectivity index (χ0) is 15.3. The van der Waals surface area contributed by atoms with Gasteiger partial charge in [-0.1, -0.05) is 36.9 Å². The number of nitrogens with one attached hydrogen (secondary N) is 1. The smallest absolute Gasteiger partial charge is 0.326 e. The van der Waals surface area contributed by atoms with Gasteiger partial charge in [-0.2, -0.15) is 0 Å². The van der Waals surface area contributed by atoms with E-state index >= 15 is 0 Å². The maximum atomic E-state index is 13.8. The van der Waals surface area contributed by atoms with E-state index in [1.54, 1.807) is 19.1 Å². The SMILES string of the molecule is CCOC(=O)C1(NCc2c(F)cccc2Cl)CCCCC1. The van der Waals surface area contributed by atoms with Gasteiger partial charge in [0.15, 0.2) is 0 Å². The van der Waals surface area contributed by atoms with Crippen LogP contribution in [0.15, 0.2) is 18.2 Å². The molecule has 0 radical (unpaired) electrons. The highest BCUT2D eigenvalue weighted by molar-refractivity contribution is 6.31. The highest BCUT2D eigenvalue weighted by Gasteiger charge is 2.40. The predicted molar refractivity (Wildman–Crippen MR) is 80.7 cm³/mol. The molecular weight excluding hydrogens is 293 g/mol. The summed E-state index contributed by atoms with van der Waals surface area (Å²) in [6.45, 7) is 2.37. The summed E-state index contributed by atoms with van der Waals surface area (Å²) in [5.41, 5.74) is -0.312. The van der Waals surface area contributed by atoms with Crippen molar-refractivity contribution in [3.63, 3.8) is 0 Å². The van der Waals surface area contributed by atoms with Crippen molar-refractivity contribution in [3.8, 4) is 0 Å². The fourth-order valence-corrected chi connectivity index (χ4v) is 3.07. The molecule has 1 saturated carbocycles. The van der Waals surface area contributed by atoms with Crippen molar-refractivity contribution in [1.82, 2.24) is 5.32 Å². The predicted octanol–water partition coefficient (Wildman–Crippen LogP) is 3.83. The Labute approximate surface area is 129 Å². The Morgan fingerprint density at radius 2 is 2.10 bits per heavy atom. The van der Waals surface area contributed by atoms with Gasteiger partial charge in [-0.3, -0.25) is 10.1 Å². The van der Waals surface area contributed by atoms with Crippen LogP contribution < -0.4 is 5.32 Å². The molecular formula is C16H21ClFNO2. The Balaban J connectivity index is 2.14. The van der Waals surface area contributed by atoms with Gasteiger partial charge in [0, 0.05) is 17.1 Å². The quantitative estimate of drug-likeness (QED) is 0.839. The largest absolute Gasteiger partial charge is 0.465 e. The van der Waals surface area contributed by atoms with Crippen LogP contribution in [0.3, 0.4) is 0 Å². The third-order valence-electron chi connectivity index (χ3n) is 4.04. The molecule has 0 heterocycles. The Morgan fingerprint density at radius 1 is 1.38 bits per heavy atom. The summed E-state index contributed by atoms with van der Waals surface area (Å²) in [4.78, 5) is 12.3. The first-order valence-electron chi connectivity index (χ1n) is 7.44. The summed E-state index contributed by atoms with van der Waals surface area (Å²) in [5.74, 6) is -0.595. The van der Waals surface area contributed by atoms with Crippen molar-refractivity contribution in [2.24, 2.45) is 0 Å². The molecule has 1 N–H and O–H groups in total. The number of hydrogen-bond donors (Lipinski definition) is 1. The topological polar surface area (TPSA) is 38.3 Å². The van der Waals surface area contributed by atoms with Crippen LogP contribution in [0.1, 0.15) is 44.6 Å². The fourth-order valence-electron chi connectivity index (χ4n) is 2.84. The Morgan fingerprint density at radius 3 is 2.71 bits per heavy atom. The van der Waals surface area contributed by atoms with Crippen molar-refractivity contribution in [2.45, 2.75) is 51.1 Å². The highest BCUT2D eigenvalue weighted by Crippen LogP contribution is 2.30. The zero-order valence-electron chi connectivity index (χ0n) is 12.3. The first-order valence-corrected chi connectivity index (χ1v) is 7.82. The first-order chi connectivity index (χ1) is 10.1. The van der Waals surface area contributed by atoms with E-state index in [9.17, 15) is 9.18 Å². The molecule has 1 aliphatic carbocycles. The molecule has 0 bridgehead atoms. The van der Waals surface area contributed by atoms with Gasteiger partial charge in [0.25, 0.3) is 0 Å². The summed E-state index contributed by atoms with van der Waals surface area (Å²) in [6, 6.07) is 4.60. The minimum absolute atomic E-state index is 0.227. The van der Waals surface area contributed by atoms with Crippen LogP contribution in [0, 0.1) is 5.82 Å². The second-order valence-corrected chi connectivity index (χ2v) is 5.82. The second-order valence-electron chi connectivity index (χ2n) is 5.42. The summed E-state index contributed by atoms with van der Waals surface area (Å²) < 4.78 is 19.0. The van der Waals surface area contributed by atoms with Gasteiger partial charge in [0.2, 0.25) is 0 Å². The summed E-state index contributed by atoms with van der Waals surface area (Å²) in [5, 5.41) is 3.59. The van der Waals surface area contributed by atoms with E-state index in [4.69, 9.17) is 16.3 Å². The van der Waals surface area contributed by atoms with E-state index in [1.165, 1.54) is 6.07 Å². The van der Waals surface area contributed by atoms with E-state index in [1.807, 2.05) is 0 Å².